The fourth-order valence-electron chi connectivity index (χ4n) is 1.87. The third-order valence-corrected chi connectivity index (χ3v) is 4.84. The molecule has 0 saturated carbocycles. The van der Waals surface area contributed by atoms with Crippen LogP contribution in [-0.4, -0.2) is 30.1 Å². The van der Waals surface area contributed by atoms with Gasteiger partial charge in [-0.1, -0.05) is 6.07 Å². The van der Waals surface area contributed by atoms with Crippen LogP contribution in [0, 0.1) is 20.2 Å². The molecule has 0 aliphatic carbocycles. The molecule has 3 rings (SSSR count). The van der Waals surface area contributed by atoms with E-state index in [1.807, 2.05) is 17.5 Å². The van der Waals surface area contributed by atoms with Crippen molar-refractivity contribution in [1.29, 1.82) is 0 Å². The van der Waals surface area contributed by atoms with E-state index in [-0.39, 0.29) is 16.3 Å². The Morgan fingerprint density at radius 2 is 2.04 bits per heavy atom. The number of tetrazole rings is 1. The topological polar surface area (TPSA) is 130 Å². The monoisotopic (exact) mass is 364 g/mol. The number of benzene rings is 1. The van der Waals surface area contributed by atoms with E-state index in [2.05, 4.69) is 15.5 Å². The van der Waals surface area contributed by atoms with Crippen molar-refractivity contribution in [2.45, 2.75) is 16.6 Å². The molecular weight excluding hydrogens is 356 g/mol. The molecule has 0 fully saturated rings. The first-order valence-corrected chi connectivity index (χ1v) is 8.13. The number of nitro groups is 2. The number of non-ortho nitro benzene ring substituents is 1. The van der Waals surface area contributed by atoms with Crippen LogP contribution in [0.15, 0.2) is 45.8 Å². The highest BCUT2D eigenvalue weighted by atomic mass is 32.2. The Labute approximate surface area is 142 Å². The van der Waals surface area contributed by atoms with Gasteiger partial charge < -0.3 is 0 Å². The molecule has 0 spiro atoms. The van der Waals surface area contributed by atoms with Crippen LogP contribution in [0.5, 0.6) is 0 Å². The van der Waals surface area contributed by atoms with Crippen molar-refractivity contribution in [2.75, 3.05) is 0 Å². The zero-order valence-corrected chi connectivity index (χ0v) is 13.4. The van der Waals surface area contributed by atoms with Crippen molar-refractivity contribution in [3.05, 3.63) is 60.8 Å². The predicted molar refractivity (Wildman–Crippen MR) is 85.1 cm³/mol. The van der Waals surface area contributed by atoms with Gasteiger partial charge >= 0.3 is 0 Å². The minimum absolute atomic E-state index is 0.229. The van der Waals surface area contributed by atoms with Crippen LogP contribution in [0.3, 0.4) is 0 Å². The Balaban J connectivity index is 1.90. The van der Waals surface area contributed by atoms with E-state index in [0.29, 0.717) is 11.7 Å². The standard InChI is InChI=1S/C12H8N6O4S2/c19-17(20)8-3-4-11(10(6-8)18(21)22)24-12-13-14-15-16(12)7-9-2-1-5-23-9/h1-6H,7H2. The van der Waals surface area contributed by atoms with Crippen molar-refractivity contribution < 1.29 is 9.85 Å². The van der Waals surface area contributed by atoms with Crippen LogP contribution in [0.25, 0.3) is 0 Å². The molecule has 0 bridgehead atoms. The van der Waals surface area contributed by atoms with Crippen molar-refractivity contribution >= 4 is 34.5 Å². The van der Waals surface area contributed by atoms with E-state index >= 15 is 0 Å². The second-order valence-corrected chi connectivity index (χ2v) is 6.51. The van der Waals surface area contributed by atoms with Crippen molar-refractivity contribution in [3.63, 3.8) is 0 Å². The van der Waals surface area contributed by atoms with Crippen molar-refractivity contribution in [2.24, 2.45) is 0 Å². The second-order valence-electron chi connectivity index (χ2n) is 4.47. The third-order valence-electron chi connectivity index (χ3n) is 2.94. The van der Waals surface area contributed by atoms with E-state index in [1.54, 1.807) is 11.3 Å². The van der Waals surface area contributed by atoms with Crippen LogP contribution in [0.4, 0.5) is 11.4 Å². The van der Waals surface area contributed by atoms with Gasteiger partial charge in [-0.15, -0.1) is 16.4 Å². The Kier molecular flexibility index (Phi) is 4.48. The lowest BCUT2D eigenvalue weighted by Crippen LogP contribution is -2.02. The van der Waals surface area contributed by atoms with Crippen LogP contribution in [0.2, 0.25) is 0 Å². The molecule has 0 aliphatic heterocycles. The Hall–Kier alpha value is -2.86. The summed E-state index contributed by atoms with van der Waals surface area (Å²) in [5, 5.41) is 35.6. The molecular formula is C12H8N6O4S2. The summed E-state index contributed by atoms with van der Waals surface area (Å²) in [5.74, 6) is 0. The molecule has 2 aromatic heterocycles. The van der Waals surface area contributed by atoms with Gasteiger partial charge in [-0.2, -0.15) is 0 Å². The predicted octanol–water partition coefficient (Wildman–Crippen LogP) is 2.75. The zero-order chi connectivity index (χ0) is 17.1. The molecule has 12 heteroatoms. The highest BCUT2D eigenvalue weighted by molar-refractivity contribution is 7.99. The molecule has 24 heavy (non-hydrogen) atoms. The summed E-state index contributed by atoms with van der Waals surface area (Å²) in [4.78, 5) is 21.9. The van der Waals surface area contributed by atoms with E-state index in [4.69, 9.17) is 0 Å². The van der Waals surface area contributed by atoms with Crippen LogP contribution in [-0.2, 0) is 6.54 Å². The van der Waals surface area contributed by atoms with E-state index in [1.165, 1.54) is 16.8 Å². The summed E-state index contributed by atoms with van der Waals surface area (Å²) in [6, 6.07) is 7.29. The average molecular weight is 364 g/mol. The van der Waals surface area contributed by atoms with Crippen molar-refractivity contribution in [1.82, 2.24) is 20.2 Å². The number of nitro benzene ring substituents is 2. The van der Waals surface area contributed by atoms with Gasteiger partial charge in [0.05, 0.1) is 27.4 Å². The maximum atomic E-state index is 11.2. The molecule has 122 valence electrons. The molecule has 3 aromatic rings. The number of hydrogen-bond donors (Lipinski definition) is 0. The van der Waals surface area contributed by atoms with Gasteiger partial charge in [-0.25, -0.2) is 4.68 Å². The molecule has 0 atom stereocenters. The molecule has 0 N–H and O–H groups in total. The maximum Gasteiger partial charge on any atom is 0.290 e. The zero-order valence-electron chi connectivity index (χ0n) is 11.8. The number of nitrogens with zero attached hydrogens (tertiary/aromatic N) is 6. The molecule has 0 unspecified atom stereocenters. The number of rotatable bonds is 6. The minimum Gasteiger partial charge on any atom is -0.258 e. The first-order chi connectivity index (χ1) is 11.5. The lowest BCUT2D eigenvalue weighted by Gasteiger charge is -2.04. The average Bonchev–Trinajstić information content (AvgIpc) is 3.20. The summed E-state index contributed by atoms with van der Waals surface area (Å²) in [6.07, 6.45) is 0. The smallest absolute Gasteiger partial charge is 0.258 e. The Morgan fingerprint density at radius 1 is 1.21 bits per heavy atom. The number of thiophene rings is 1. The normalized spacial score (nSPS) is 10.7. The van der Waals surface area contributed by atoms with Gasteiger partial charge in [0.15, 0.2) is 0 Å². The molecule has 2 heterocycles. The first kappa shape index (κ1) is 16.0. The molecule has 0 amide bonds. The van der Waals surface area contributed by atoms with Crippen LogP contribution >= 0.6 is 23.1 Å². The second kappa shape index (κ2) is 6.72. The lowest BCUT2D eigenvalue weighted by molar-refractivity contribution is -0.396. The summed E-state index contributed by atoms with van der Waals surface area (Å²) < 4.78 is 1.52. The molecule has 0 saturated heterocycles. The summed E-state index contributed by atoms with van der Waals surface area (Å²) in [6.45, 7) is 0.438. The molecule has 0 radical (unpaired) electrons. The maximum absolute atomic E-state index is 11.2. The van der Waals surface area contributed by atoms with Gasteiger partial charge in [0.1, 0.15) is 0 Å². The minimum atomic E-state index is -0.678. The highest BCUT2D eigenvalue weighted by Crippen LogP contribution is 2.36. The fraction of sp³-hybridized carbons (Fsp3) is 0.0833. The SMILES string of the molecule is O=[N+]([O-])c1ccc(Sc2nnnn2Cc2cccs2)c([N+](=O)[O-])c1. The number of aromatic nitrogens is 4. The van der Waals surface area contributed by atoms with Gasteiger partial charge in [-0.3, -0.25) is 20.2 Å². The molecule has 1 aromatic carbocycles. The first-order valence-electron chi connectivity index (χ1n) is 6.44. The van der Waals surface area contributed by atoms with Crippen LogP contribution in [0.1, 0.15) is 4.88 Å². The molecule has 10 nitrogen and oxygen atoms in total. The molecule has 0 aliphatic rings. The van der Waals surface area contributed by atoms with E-state index in [9.17, 15) is 20.2 Å². The quantitative estimate of drug-likeness (QED) is 0.482. The summed E-state index contributed by atoms with van der Waals surface area (Å²) in [7, 11) is 0. The van der Waals surface area contributed by atoms with Gasteiger partial charge in [0.2, 0.25) is 5.16 Å². The highest BCUT2D eigenvalue weighted by Gasteiger charge is 2.22. The van der Waals surface area contributed by atoms with Gasteiger partial charge in [0.25, 0.3) is 11.4 Å². The van der Waals surface area contributed by atoms with E-state index < -0.39 is 9.85 Å². The van der Waals surface area contributed by atoms with Crippen LogP contribution < -0.4 is 0 Å². The van der Waals surface area contributed by atoms with E-state index in [0.717, 1.165) is 22.7 Å². The van der Waals surface area contributed by atoms with Gasteiger partial charge in [-0.05, 0) is 39.7 Å². The summed E-state index contributed by atoms with van der Waals surface area (Å²) >= 11 is 2.53. The van der Waals surface area contributed by atoms with Gasteiger partial charge in [0, 0.05) is 10.9 Å². The lowest BCUT2D eigenvalue weighted by atomic mass is 10.3. The number of hydrogen-bond acceptors (Lipinski definition) is 9. The third kappa shape index (κ3) is 3.38. The Morgan fingerprint density at radius 3 is 2.71 bits per heavy atom. The Bertz CT molecular complexity index is 895. The largest absolute Gasteiger partial charge is 0.290 e. The van der Waals surface area contributed by atoms with Crippen molar-refractivity contribution in [3.8, 4) is 0 Å². The summed E-state index contributed by atoms with van der Waals surface area (Å²) in [5.41, 5.74) is -0.705. The fourth-order valence-corrected chi connectivity index (χ4v) is 3.41.